The van der Waals surface area contributed by atoms with E-state index in [0.717, 1.165) is 0 Å². The maximum absolute atomic E-state index is 8.94. The van der Waals surface area contributed by atoms with E-state index in [-0.39, 0.29) is 0 Å². The molecule has 0 aliphatic heterocycles. The standard InChI is InChI=1S/AsH3O4/c2-1(3,4)5/h(H3,2,3,4,5)/i1+2. The van der Waals surface area contributed by atoms with Crippen LogP contribution in [0.3, 0.4) is 0 Å². The zero-order chi connectivity index (χ0) is 4.50. The Kier molecular flexibility index (Phi) is 1.20. The van der Waals surface area contributed by atoms with Gasteiger partial charge >= 0.3 is 30.5 Å². The molecule has 0 fully saturated rings. The van der Waals surface area contributed by atoms with Gasteiger partial charge in [0.25, 0.3) is 0 Å². The van der Waals surface area contributed by atoms with Gasteiger partial charge in [0.2, 0.25) is 0 Å². The van der Waals surface area contributed by atoms with Gasteiger partial charge in [0.1, 0.15) is 0 Å². The number of rotatable bonds is 0. The van der Waals surface area contributed by atoms with Gasteiger partial charge < -0.3 is 0 Å². The molecule has 0 rings (SSSR count). The van der Waals surface area contributed by atoms with Crippen LogP contribution in [0.4, 0.5) is 0 Å². The van der Waals surface area contributed by atoms with Crippen molar-refractivity contribution in [3.05, 3.63) is 0 Å². The Hall–Kier alpha value is 0.238. The summed E-state index contributed by atoms with van der Waals surface area (Å²) in [4.78, 5) is 0. The molecule has 4 nitrogen and oxygen atoms in total. The predicted molar refractivity (Wildman–Crippen MR) is 13.1 cm³/mol. The molecule has 0 aromatic rings. The molecule has 0 aliphatic carbocycles. The van der Waals surface area contributed by atoms with Crippen molar-refractivity contribution < 1.29 is 16.0 Å². The predicted octanol–water partition coefficient (Wildman–Crippen LogP) is -2.17. The Morgan fingerprint density at radius 3 is 1.20 bits per heavy atom. The van der Waals surface area contributed by atoms with Crippen molar-refractivity contribution in [3.8, 4) is 0 Å². The van der Waals surface area contributed by atoms with Crippen molar-refractivity contribution in [3.63, 3.8) is 0 Å². The normalized spacial score (nSPS) is 11.8. The van der Waals surface area contributed by atoms with Gasteiger partial charge in [0.05, 0.1) is 0 Å². The van der Waals surface area contributed by atoms with Crippen molar-refractivity contribution in [2.24, 2.45) is 0 Å². The van der Waals surface area contributed by atoms with E-state index in [4.69, 9.17) is 16.0 Å². The summed E-state index contributed by atoms with van der Waals surface area (Å²) in [6.07, 6.45) is 0. The van der Waals surface area contributed by atoms with Gasteiger partial charge in [-0.25, -0.2) is 0 Å². The summed E-state index contributed by atoms with van der Waals surface area (Å²) in [7, 11) is 0. The molecular weight excluding hydrogens is 141 g/mol. The third kappa shape index (κ3) is 374. The fourth-order valence-electron chi connectivity index (χ4n) is 0. The Bertz CT molecular complexity index is 49.8. The third-order valence-corrected chi connectivity index (χ3v) is 0. The molecule has 5 heteroatoms. The van der Waals surface area contributed by atoms with E-state index in [0.29, 0.717) is 0 Å². The molecule has 0 aromatic heterocycles. The zero-order valence-corrected chi connectivity index (χ0v) is 4.07. The molecule has 0 saturated heterocycles. The van der Waals surface area contributed by atoms with Crippen molar-refractivity contribution >= 4 is 14.5 Å². The van der Waals surface area contributed by atoms with Crippen molar-refractivity contribution in [1.29, 1.82) is 0 Å². The molecular formula is H3AsO4. The van der Waals surface area contributed by atoms with E-state index >= 15 is 0 Å². The molecule has 0 heterocycles. The van der Waals surface area contributed by atoms with Crippen molar-refractivity contribution in [2.45, 2.75) is 0 Å². The van der Waals surface area contributed by atoms with E-state index in [1.54, 1.807) is 0 Å². The first-order valence-corrected chi connectivity index (χ1v) is 4.07. The summed E-state index contributed by atoms with van der Waals surface area (Å²) in [6, 6.07) is 0. The van der Waals surface area contributed by atoms with Gasteiger partial charge in [-0.1, -0.05) is 0 Å². The number of hydrogen-bond donors (Lipinski definition) is 3. The fourth-order valence-corrected chi connectivity index (χ4v) is 0. The fraction of sp³-hybridized carbons (Fsp3) is 0. The van der Waals surface area contributed by atoms with Gasteiger partial charge in [0.15, 0.2) is 0 Å². The van der Waals surface area contributed by atoms with Crippen molar-refractivity contribution in [1.82, 2.24) is 0 Å². The van der Waals surface area contributed by atoms with Crippen LogP contribution in [-0.2, 0) is 3.74 Å². The second-order valence-corrected chi connectivity index (χ2v) is 2.67. The molecule has 0 bridgehead atoms. The van der Waals surface area contributed by atoms with Gasteiger partial charge in [0, 0.05) is 0 Å². The van der Waals surface area contributed by atoms with Crippen LogP contribution in [0.25, 0.3) is 0 Å². The van der Waals surface area contributed by atoms with Crippen LogP contribution >= 0.6 is 0 Å². The van der Waals surface area contributed by atoms with Gasteiger partial charge in [-0.3, -0.25) is 0 Å². The second-order valence-electron chi connectivity index (χ2n) is 0.513. The van der Waals surface area contributed by atoms with Crippen LogP contribution in [0.5, 0.6) is 0 Å². The van der Waals surface area contributed by atoms with Crippen LogP contribution in [0.2, 0.25) is 0 Å². The van der Waals surface area contributed by atoms with Crippen LogP contribution in [0, 0.1) is 0 Å². The molecule has 0 spiro atoms. The van der Waals surface area contributed by atoms with E-state index in [9.17, 15) is 0 Å². The van der Waals surface area contributed by atoms with Crippen LogP contribution in [0.1, 0.15) is 0 Å². The average Bonchev–Trinajstić information content (AvgIpc) is 0.722. The molecule has 0 aliphatic rings. The number of hydrogen-bond acceptors (Lipinski definition) is 1. The Balaban J connectivity index is 3.47. The minimum absolute atomic E-state index is 5.12. The first kappa shape index (κ1) is 5.24. The summed E-state index contributed by atoms with van der Waals surface area (Å²) in [6.45, 7) is 0. The van der Waals surface area contributed by atoms with Crippen LogP contribution < -0.4 is 0 Å². The molecule has 0 unspecified atom stereocenters. The van der Waals surface area contributed by atoms with Gasteiger partial charge in [-0.2, -0.15) is 0 Å². The van der Waals surface area contributed by atoms with Gasteiger partial charge in [-0.05, 0) is 0 Å². The molecule has 0 atom stereocenters. The van der Waals surface area contributed by atoms with Crippen molar-refractivity contribution in [2.75, 3.05) is 0 Å². The third-order valence-electron chi connectivity index (χ3n) is 0. The first-order chi connectivity index (χ1) is 2.00. The summed E-state index contributed by atoms with van der Waals surface area (Å²) in [5, 5.41) is 0. The van der Waals surface area contributed by atoms with Crippen LogP contribution in [0.15, 0.2) is 0 Å². The zero-order valence-electron chi connectivity index (χ0n) is 2.20. The second kappa shape index (κ2) is 1.14. The maximum atomic E-state index is 8.94. The van der Waals surface area contributed by atoms with Gasteiger partial charge in [-0.15, -0.1) is 0 Å². The Morgan fingerprint density at radius 2 is 1.20 bits per heavy atom. The summed E-state index contributed by atoms with van der Waals surface area (Å²) in [5.74, 6) is 0. The quantitative estimate of drug-likeness (QED) is 0.338. The molecule has 5 heavy (non-hydrogen) atoms. The minimum atomic E-state index is -5.12. The monoisotopic (exact) mass is 144 g/mol. The topological polar surface area (TPSA) is 77.8 Å². The first-order valence-electron chi connectivity index (χ1n) is 0.783. The molecule has 0 radical (unpaired) electrons. The summed E-state index contributed by atoms with van der Waals surface area (Å²) >= 11 is -5.12. The van der Waals surface area contributed by atoms with E-state index in [1.807, 2.05) is 0 Å². The Labute approximate surface area is 31.4 Å². The molecule has 32 valence electrons. The Morgan fingerprint density at radius 1 is 1.20 bits per heavy atom. The van der Waals surface area contributed by atoms with E-state index in [2.05, 4.69) is 0 Å². The summed E-state index contributed by atoms with van der Waals surface area (Å²) in [5.41, 5.74) is 0. The average molecular weight is 144 g/mol. The molecule has 3 N–H and O–H groups in total. The SMILES string of the molecule is O=[77As](O)(O)O. The molecule has 0 aromatic carbocycles. The summed E-state index contributed by atoms with van der Waals surface area (Å²) < 4.78 is 30.7. The van der Waals surface area contributed by atoms with E-state index < -0.39 is 14.5 Å². The van der Waals surface area contributed by atoms with E-state index in [1.165, 1.54) is 0 Å². The molecule has 0 amide bonds. The van der Waals surface area contributed by atoms with Crippen LogP contribution in [-0.4, -0.2) is 26.8 Å². The molecule has 0 saturated carbocycles.